The number of nitrogens with zero attached hydrogens (tertiary/aromatic N) is 3. The third kappa shape index (κ3) is 7.09. The molecule has 11 nitrogen and oxygen atoms in total. The molecule has 0 radical (unpaired) electrons. The molecule has 1 aromatic heterocycles. The molecular formula is C30H32F4N6O5. The first-order chi connectivity index (χ1) is 21.4. The van der Waals surface area contributed by atoms with E-state index in [2.05, 4.69) is 37.9 Å². The van der Waals surface area contributed by atoms with Crippen LogP contribution in [0.3, 0.4) is 0 Å². The van der Waals surface area contributed by atoms with Crippen LogP contribution < -0.4 is 25.4 Å². The lowest BCUT2D eigenvalue weighted by atomic mass is 9.77. The van der Waals surface area contributed by atoms with Gasteiger partial charge in [0.2, 0.25) is 11.8 Å². The number of para-hydroxylation sites is 1. The normalized spacial score (nSPS) is 18.0. The van der Waals surface area contributed by atoms with Crippen molar-refractivity contribution >= 4 is 23.5 Å². The zero-order chi connectivity index (χ0) is 32.4. The molecule has 1 unspecified atom stereocenters. The Morgan fingerprint density at radius 1 is 1.09 bits per heavy atom. The van der Waals surface area contributed by atoms with E-state index in [9.17, 15) is 22.8 Å². The van der Waals surface area contributed by atoms with Crippen molar-refractivity contribution in [2.75, 3.05) is 46.2 Å². The molecule has 1 atom stereocenters. The predicted molar refractivity (Wildman–Crippen MR) is 154 cm³/mol. The first-order valence-corrected chi connectivity index (χ1v) is 14.1. The van der Waals surface area contributed by atoms with E-state index in [1.54, 1.807) is 0 Å². The second kappa shape index (κ2) is 12.9. The van der Waals surface area contributed by atoms with E-state index in [-0.39, 0.29) is 33.7 Å². The molecule has 240 valence electrons. The molecule has 0 saturated carbocycles. The lowest BCUT2D eigenvalue weighted by Gasteiger charge is -2.36. The van der Waals surface area contributed by atoms with Crippen LogP contribution in [0, 0.1) is 11.2 Å². The molecule has 0 bridgehead atoms. The zero-order valence-corrected chi connectivity index (χ0v) is 24.8. The summed E-state index contributed by atoms with van der Waals surface area (Å²) in [6.07, 6.45) is -2.47. The minimum absolute atomic E-state index is 0.00314. The Balaban J connectivity index is 1.36. The Morgan fingerprint density at radius 3 is 2.51 bits per heavy atom. The van der Waals surface area contributed by atoms with Gasteiger partial charge in [-0.2, -0.15) is 18.2 Å². The Hall–Kier alpha value is -4.50. The number of piperidine rings is 1. The van der Waals surface area contributed by atoms with Crippen LogP contribution in [0.1, 0.15) is 45.5 Å². The van der Waals surface area contributed by atoms with Crippen molar-refractivity contribution in [3.8, 4) is 17.4 Å². The van der Waals surface area contributed by atoms with Gasteiger partial charge in [-0.3, -0.25) is 9.59 Å². The molecular weight excluding hydrogens is 600 g/mol. The number of likely N-dealkylation sites (tertiary alicyclic amines) is 1. The average molecular weight is 633 g/mol. The number of rotatable bonds is 8. The maximum absolute atomic E-state index is 15.3. The largest absolute Gasteiger partial charge is 0.495 e. The van der Waals surface area contributed by atoms with Gasteiger partial charge in [-0.25, -0.2) is 9.37 Å². The quantitative estimate of drug-likeness (QED) is 0.302. The summed E-state index contributed by atoms with van der Waals surface area (Å²) in [5, 5.41) is 7.75. The third-order valence-electron chi connectivity index (χ3n) is 7.95. The number of hydrogen-bond acceptors (Lipinski definition) is 9. The smallest absolute Gasteiger partial charge is 0.423 e. The molecule has 2 aliphatic heterocycles. The molecule has 1 spiro atoms. The molecule has 3 aromatic rings. The van der Waals surface area contributed by atoms with Crippen LogP contribution in [0.5, 0.6) is 17.4 Å². The molecule has 2 aliphatic rings. The lowest BCUT2D eigenvalue weighted by molar-refractivity contribution is -0.139. The highest BCUT2D eigenvalue weighted by Crippen LogP contribution is 2.42. The lowest BCUT2D eigenvalue weighted by Crippen LogP contribution is -2.40. The highest BCUT2D eigenvalue weighted by Gasteiger charge is 2.42. The number of amides is 2. The maximum atomic E-state index is 15.3. The predicted octanol–water partition coefficient (Wildman–Crippen LogP) is 4.73. The van der Waals surface area contributed by atoms with E-state index in [1.165, 1.54) is 38.4 Å². The molecule has 2 amide bonds. The number of nitrogens with one attached hydrogen (secondary N) is 3. The summed E-state index contributed by atoms with van der Waals surface area (Å²) < 4.78 is 73.4. The Bertz CT molecular complexity index is 1580. The van der Waals surface area contributed by atoms with Gasteiger partial charge < -0.3 is 35.1 Å². The summed E-state index contributed by atoms with van der Waals surface area (Å²) in [6, 6.07) is 7.79. The van der Waals surface area contributed by atoms with Crippen LogP contribution in [0.4, 0.5) is 29.2 Å². The molecule has 5 rings (SSSR count). The van der Waals surface area contributed by atoms with E-state index in [4.69, 9.17) is 14.2 Å². The summed E-state index contributed by atoms with van der Waals surface area (Å²) in [4.78, 5) is 35.1. The number of halogens is 4. The van der Waals surface area contributed by atoms with Crippen LogP contribution in [0.2, 0.25) is 0 Å². The van der Waals surface area contributed by atoms with Crippen molar-refractivity contribution in [2.24, 2.45) is 5.41 Å². The van der Waals surface area contributed by atoms with Gasteiger partial charge in [-0.15, -0.1) is 0 Å². The fourth-order valence-electron chi connectivity index (χ4n) is 5.34. The first-order valence-electron chi connectivity index (χ1n) is 14.1. The summed E-state index contributed by atoms with van der Waals surface area (Å²) in [7, 11) is 4.70. The SMILES string of the molecule is CNC(=O)c1ccccc1Oc1nc(Nc2cc(F)c(C(=O)NC3CC4(CCN(C)CC4)CO3)cc2OC)ncc1C(F)(F)F. The topological polar surface area (TPSA) is 127 Å². The third-order valence-corrected chi connectivity index (χ3v) is 7.95. The Labute approximate surface area is 256 Å². The molecule has 2 fully saturated rings. The molecule has 3 heterocycles. The van der Waals surface area contributed by atoms with Gasteiger partial charge in [0, 0.05) is 31.1 Å². The van der Waals surface area contributed by atoms with Gasteiger partial charge >= 0.3 is 6.18 Å². The molecule has 0 aliphatic carbocycles. The van der Waals surface area contributed by atoms with Gasteiger partial charge in [0.25, 0.3) is 11.8 Å². The number of hydrogen-bond donors (Lipinski definition) is 3. The summed E-state index contributed by atoms with van der Waals surface area (Å²) in [6.45, 7) is 2.38. The highest BCUT2D eigenvalue weighted by atomic mass is 19.4. The number of ether oxygens (including phenoxy) is 3. The highest BCUT2D eigenvalue weighted by molar-refractivity contribution is 5.97. The number of anilines is 2. The number of alkyl halides is 3. The summed E-state index contributed by atoms with van der Waals surface area (Å²) in [5.41, 5.74) is -1.73. The van der Waals surface area contributed by atoms with E-state index in [0.29, 0.717) is 19.2 Å². The molecule has 2 saturated heterocycles. The van der Waals surface area contributed by atoms with Gasteiger partial charge in [-0.1, -0.05) is 12.1 Å². The Morgan fingerprint density at radius 2 is 1.82 bits per heavy atom. The second-order valence-electron chi connectivity index (χ2n) is 11.0. The van der Waals surface area contributed by atoms with Crippen LogP contribution in [0.15, 0.2) is 42.6 Å². The molecule has 2 aromatic carbocycles. The monoisotopic (exact) mass is 632 g/mol. The van der Waals surface area contributed by atoms with Crippen LogP contribution in [-0.2, 0) is 10.9 Å². The molecule has 45 heavy (non-hydrogen) atoms. The van der Waals surface area contributed by atoms with E-state index in [0.717, 1.165) is 38.1 Å². The van der Waals surface area contributed by atoms with Gasteiger partial charge in [0.05, 0.1) is 30.5 Å². The van der Waals surface area contributed by atoms with Crippen molar-refractivity contribution in [1.82, 2.24) is 25.5 Å². The standard InChI is InChI=1S/C30H32F4N6O5/c1-35-25(41)17-6-4-5-7-22(17)45-27-19(30(32,33)34)15-36-28(39-27)37-21-13-20(31)18(12-23(21)43-3)26(42)38-24-14-29(16-44-24)8-10-40(2)11-9-29/h4-7,12-13,15,24H,8-11,14,16H2,1-3H3,(H,35,41)(H,38,42)(H,36,37,39). The van der Waals surface area contributed by atoms with Crippen molar-refractivity contribution in [3.63, 3.8) is 0 Å². The van der Waals surface area contributed by atoms with Crippen molar-refractivity contribution in [1.29, 1.82) is 0 Å². The van der Waals surface area contributed by atoms with Crippen LogP contribution in [-0.4, -0.2) is 73.8 Å². The first kappa shape index (κ1) is 31.9. The van der Waals surface area contributed by atoms with Crippen molar-refractivity contribution < 1.29 is 41.4 Å². The van der Waals surface area contributed by atoms with Gasteiger partial charge in [-0.05, 0) is 51.2 Å². The van der Waals surface area contributed by atoms with Gasteiger partial charge in [0.15, 0.2) is 0 Å². The molecule has 3 N–H and O–H groups in total. The number of carbonyl (C=O) groups is 2. The summed E-state index contributed by atoms with van der Waals surface area (Å²) in [5.74, 6) is -3.69. The fraction of sp³-hybridized carbons (Fsp3) is 0.400. The zero-order valence-electron chi connectivity index (χ0n) is 24.8. The van der Waals surface area contributed by atoms with E-state index in [1.807, 2.05) is 0 Å². The Kier molecular flexibility index (Phi) is 9.11. The van der Waals surface area contributed by atoms with Crippen molar-refractivity contribution in [2.45, 2.75) is 31.7 Å². The fourth-order valence-corrected chi connectivity index (χ4v) is 5.34. The minimum atomic E-state index is -4.90. The van der Waals surface area contributed by atoms with Crippen molar-refractivity contribution in [3.05, 3.63) is 65.1 Å². The van der Waals surface area contributed by atoms with E-state index < -0.39 is 47.4 Å². The second-order valence-corrected chi connectivity index (χ2v) is 11.0. The van der Waals surface area contributed by atoms with Crippen LogP contribution in [0.25, 0.3) is 0 Å². The maximum Gasteiger partial charge on any atom is 0.423 e. The number of aromatic nitrogens is 2. The van der Waals surface area contributed by atoms with E-state index >= 15 is 4.39 Å². The minimum Gasteiger partial charge on any atom is -0.495 e. The van der Waals surface area contributed by atoms with Gasteiger partial charge in [0.1, 0.15) is 29.1 Å². The summed E-state index contributed by atoms with van der Waals surface area (Å²) >= 11 is 0. The number of benzene rings is 2. The number of methoxy groups -OCH3 is 1. The average Bonchev–Trinajstić information content (AvgIpc) is 3.40. The van der Waals surface area contributed by atoms with Crippen LogP contribution >= 0.6 is 0 Å². The molecule has 15 heteroatoms. The number of carbonyl (C=O) groups excluding carboxylic acids is 2.